The van der Waals surface area contributed by atoms with Gasteiger partial charge in [-0.2, -0.15) is 0 Å². The fourth-order valence-electron chi connectivity index (χ4n) is 3.14. The topological polar surface area (TPSA) is 42.4 Å². The van der Waals surface area contributed by atoms with Crippen molar-refractivity contribution in [2.75, 3.05) is 13.7 Å². The smallest absolute Gasteiger partial charge is 0.260 e. The average Bonchev–Trinajstić information content (AvgIpc) is 3.21. The van der Waals surface area contributed by atoms with Crippen LogP contribution in [0.2, 0.25) is 0 Å². The van der Waals surface area contributed by atoms with Crippen molar-refractivity contribution in [2.24, 2.45) is 0 Å². The van der Waals surface area contributed by atoms with E-state index in [0.717, 1.165) is 26.4 Å². The number of ether oxygens (including phenoxy) is 1. The minimum absolute atomic E-state index is 0.0183. The van der Waals surface area contributed by atoms with Crippen LogP contribution in [0.25, 0.3) is 21.3 Å². The fourth-order valence-corrected chi connectivity index (χ4v) is 4.20. The number of likely N-dealkylation sites (N-methyl/N-ethyl adjacent to an activating group) is 1. The summed E-state index contributed by atoms with van der Waals surface area (Å²) in [6, 6.07) is 25.7. The Kier molecular flexibility index (Phi) is 5.58. The molecule has 1 aromatic heterocycles. The first-order valence-corrected chi connectivity index (χ1v) is 10.3. The van der Waals surface area contributed by atoms with Crippen LogP contribution in [0.1, 0.15) is 18.0 Å². The van der Waals surface area contributed by atoms with E-state index < -0.39 is 0 Å². The summed E-state index contributed by atoms with van der Waals surface area (Å²) in [6.07, 6.45) is 0. The summed E-state index contributed by atoms with van der Waals surface area (Å²) in [6.45, 7) is 1.98. The van der Waals surface area contributed by atoms with Crippen LogP contribution in [0, 0.1) is 0 Å². The quantitative estimate of drug-likeness (QED) is 0.424. The molecule has 0 spiro atoms. The Balaban J connectivity index is 1.46. The minimum atomic E-state index is -0.118. The third-order valence-electron chi connectivity index (χ3n) is 4.97. The Hall–Kier alpha value is -3.18. The zero-order chi connectivity index (χ0) is 20.2. The molecule has 29 heavy (non-hydrogen) atoms. The van der Waals surface area contributed by atoms with Crippen molar-refractivity contribution in [3.05, 3.63) is 83.9 Å². The van der Waals surface area contributed by atoms with Gasteiger partial charge < -0.3 is 9.64 Å². The number of carbonyl (C=O) groups is 1. The van der Waals surface area contributed by atoms with Crippen molar-refractivity contribution in [3.63, 3.8) is 0 Å². The normalized spacial score (nSPS) is 11.9. The molecule has 0 radical (unpaired) electrons. The van der Waals surface area contributed by atoms with Crippen LogP contribution in [0.5, 0.6) is 5.75 Å². The van der Waals surface area contributed by atoms with Crippen LogP contribution >= 0.6 is 11.3 Å². The highest BCUT2D eigenvalue weighted by Crippen LogP contribution is 2.31. The van der Waals surface area contributed by atoms with E-state index >= 15 is 0 Å². The summed E-state index contributed by atoms with van der Waals surface area (Å²) in [5.74, 6) is 0.618. The van der Waals surface area contributed by atoms with Crippen molar-refractivity contribution in [3.8, 4) is 16.9 Å². The van der Waals surface area contributed by atoms with Crippen molar-refractivity contribution in [1.29, 1.82) is 0 Å². The maximum atomic E-state index is 12.8. The van der Waals surface area contributed by atoms with Gasteiger partial charge in [0, 0.05) is 12.6 Å². The van der Waals surface area contributed by atoms with Gasteiger partial charge in [0.15, 0.2) is 6.61 Å². The first kappa shape index (κ1) is 19.2. The Bertz CT molecular complexity index is 1090. The number of amides is 1. The van der Waals surface area contributed by atoms with Crippen molar-refractivity contribution in [1.82, 2.24) is 9.88 Å². The van der Waals surface area contributed by atoms with Crippen molar-refractivity contribution < 1.29 is 9.53 Å². The highest BCUT2D eigenvalue weighted by atomic mass is 32.1. The Labute approximate surface area is 174 Å². The van der Waals surface area contributed by atoms with Crippen molar-refractivity contribution in [2.45, 2.75) is 13.0 Å². The molecule has 0 saturated heterocycles. The number of hydrogen-bond acceptors (Lipinski definition) is 4. The summed E-state index contributed by atoms with van der Waals surface area (Å²) < 4.78 is 7.04. The second kappa shape index (κ2) is 8.45. The van der Waals surface area contributed by atoms with Gasteiger partial charge in [-0.05, 0) is 30.7 Å². The molecule has 0 aliphatic heterocycles. The zero-order valence-electron chi connectivity index (χ0n) is 16.4. The number of rotatable bonds is 6. The first-order valence-electron chi connectivity index (χ1n) is 9.52. The molecule has 0 aliphatic rings. The lowest BCUT2D eigenvalue weighted by Crippen LogP contribution is -2.33. The van der Waals surface area contributed by atoms with E-state index in [-0.39, 0.29) is 18.6 Å². The lowest BCUT2D eigenvalue weighted by molar-refractivity contribution is -0.133. The van der Waals surface area contributed by atoms with Crippen LogP contribution in [0.4, 0.5) is 0 Å². The third kappa shape index (κ3) is 4.15. The van der Waals surface area contributed by atoms with Crippen LogP contribution < -0.4 is 4.74 Å². The molecule has 1 amide bonds. The molecule has 146 valence electrons. The summed E-state index contributed by atoms with van der Waals surface area (Å²) >= 11 is 1.62. The molecule has 4 nitrogen and oxygen atoms in total. The predicted molar refractivity (Wildman–Crippen MR) is 118 cm³/mol. The van der Waals surface area contributed by atoms with Crippen LogP contribution in [0.15, 0.2) is 78.9 Å². The molecular formula is C24H22N2O2S. The molecule has 4 rings (SSSR count). The van der Waals surface area contributed by atoms with E-state index in [1.807, 2.05) is 79.7 Å². The van der Waals surface area contributed by atoms with E-state index in [1.54, 1.807) is 23.3 Å². The molecule has 0 fully saturated rings. The molecule has 0 aliphatic carbocycles. The second-order valence-electron chi connectivity index (χ2n) is 6.85. The maximum absolute atomic E-state index is 12.8. The Morgan fingerprint density at radius 2 is 1.69 bits per heavy atom. The molecule has 0 bridgehead atoms. The second-order valence-corrected chi connectivity index (χ2v) is 7.91. The monoisotopic (exact) mass is 402 g/mol. The Morgan fingerprint density at radius 3 is 2.48 bits per heavy atom. The van der Waals surface area contributed by atoms with Crippen molar-refractivity contribution >= 4 is 27.5 Å². The number of fused-ring (bicyclic) bond motifs is 1. The molecule has 5 heteroatoms. The average molecular weight is 403 g/mol. The molecule has 0 N–H and O–H groups in total. The van der Waals surface area contributed by atoms with Gasteiger partial charge in [-0.15, -0.1) is 11.3 Å². The number of thiazole rings is 1. The molecule has 0 saturated carbocycles. The van der Waals surface area contributed by atoms with Gasteiger partial charge in [0.2, 0.25) is 0 Å². The number of benzene rings is 3. The van der Waals surface area contributed by atoms with E-state index in [4.69, 9.17) is 4.74 Å². The molecule has 1 unspecified atom stereocenters. The summed E-state index contributed by atoms with van der Waals surface area (Å²) in [5, 5.41) is 0.923. The molecule has 1 heterocycles. The van der Waals surface area contributed by atoms with Gasteiger partial charge in [0.05, 0.1) is 16.3 Å². The fraction of sp³-hybridized carbons (Fsp3) is 0.167. The lowest BCUT2D eigenvalue weighted by atomic mass is 10.1. The van der Waals surface area contributed by atoms with Gasteiger partial charge in [0.1, 0.15) is 10.8 Å². The number of hydrogen-bond donors (Lipinski definition) is 0. The highest BCUT2D eigenvalue weighted by Gasteiger charge is 2.21. The number of para-hydroxylation sites is 2. The van der Waals surface area contributed by atoms with E-state index in [1.165, 1.54) is 0 Å². The lowest BCUT2D eigenvalue weighted by Gasteiger charge is -2.23. The maximum Gasteiger partial charge on any atom is 0.260 e. The molecular weight excluding hydrogens is 380 g/mol. The largest absolute Gasteiger partial charge is 0.483 e. The molecule has 3 aromatic carbocycles. The number of carbonyl (C=O) groups excluding carboxylic acids is 1. The van der Waals surface area contributed by atoms with Crippen LogP contribution in [-0.4, -0.2) is 29.4 Å². The summed E-state index contributed by atoms with van der Waals surface area (Å²) in [5.41, 5.74) is 3.00. The third-order valence-corrected chi connectivity index (χ3v) is 6.17. The first-order chi connectivity index (χ1) is 14.1. The van der Waals surface area contributed by atoms with Gasteiger partial charge in [0.25, 0.3) is 5.91 Å². The van der Waals surface area contributed by atoms with Gasteiger partial charge in [-0.1, -0.05) is 60.7 Å². The number of aromatic nitrogens is 1. The minimum Gasteiger partial charge on any atom is -0.483 e. The van der Waals surface area contributed by atoms with Crippen LogP contribution in [-0.2, 0) is 4.79 Å². The Morgan fingerprint density at radius 1 is 1.00 bits per heavy atom. The van der Waals surface area contributed by atoms with Gasteiger partial charge in [-0.25, -0.2) is 4.98 Å². The SMILES string of the molecule is CC(c1nc2ccccc2s1)N(C)C(=O)COc1ccccc1-c1ccccc1. The molecule has 4 aromatic rings. The highest BCUT2D eigenvalue weighted by molar-refractivity contribution is 7.18. The standard InChI is InChI=1S/C24H22N2O2S/c1-17(24-25-20-13-7-9-15-22(20)29-24)26(2)23(27)16-28-21-14-8-6-12-19(21)18-10-4-3-5-11-18/h3-15,17H,16H2,1-2H3. The van der Waals surface area contributed by atoms with E-state index in [0.29, 0.717) is 5.75 Å². The number of nitrogens with zero attached hydrogens (tertiary/aromatic N) is 2. The summed E-state index contributed by atoms with van der Waals surface area (Å²) in [7, 11) is 1.80. The zero-order valence-corrected chi connectivity index (χ0v) is 17.2. The van der Waals surface area contributed by atoms with Gasteiger partial charge in [-0.3, -0.25) is 4.79 Å². The predicted octanol–water partition coefficient (Wildman–Crippen LogP) is 5.56. The van der Waals surface area contributed by atoms with E-state index in [2.05, 4.69) is 11.1 Å². The molecule has 1 atom stereocenters. The van der Waals surface area contributed by atoms with Crippen LogP contribution in [0.3, 0.4) is 0 Å². The van der Waals surface area contributed by atoms with Gasteiger partial charge >= 0.3 is 0 Å². The summed E-state index contributed by atoms with van der Waals surface area (Å²) in [4.78, 5) is 19.1. The van der Waals surface area contributed by atoms with E-state index in [9.17, 15) is 4.79 Å².